The standard InChI is InChI=1S/C21H14F2N4O3S/c22-15-12(9-5-7-25-8-6-9)16(23)18-13(17(15)26-24)19(28)14(21(29)30)20-27(18)10-3-1-2-4-11(10)31-20/h1-7,25-26H,8,24H2,(H,29,30). The number of halogens is 2. The van der Waals surface area contributed by atoms with Crippen LogP contribution in [0.1, 0.15) is 15.9 Å². The first-order chi connectivity index (χ1) is 15.0. The Balaban J connectivity index is 2.13. The number of carboxylic acids is 1. The van der Waals surface area contributed by atoms with E-state index in [4.69, 9.17) is 5.84 Å². The topological polar surface area (TPSA) is 109 Å². The number of allylic oxidation sites excluding steroid dienone is 2. The highest BCUT2D eigenvalue weighted by atomic mass is 32.1. The number of dihydropyridines is 1. The van der Waals surface area contributed by atoms with E-state index in [0.717, 1.165) is 11.3 Å². The molecule has 0 atom stereocenters. The van der Waals surface area contributed by atoms with Crippen LogP contribution in [0, 0.1) is 11.6 Å². The average Bonchev–Trinajstić information content (AvgIpc) is 3.13. The first-order valence-corrected chi connectivity index (χ1v) is 9.98. The molecule has 5 N–H and O–H groups in total. The van der Waals surface area contributed by atoms with Gasteiger partial charge in [0.2, 0.25) is 5.43 Å². The smallest absolute Gasteiger partial charge is 0.342 e. The summed E-state index contributed by atoms with van der Waals surface area (Å²) in [6.07, 6.45) is 4.67. The van der Waals surface area contributed by atoms with Gasteiger partial charge in [-0.05, 0) is 30.0 Å². The number of nitrogen functional groups attached to an aromatic ring is 1. The van der Waals surface area contributed by atoms with Crippen LogP contribution in [-0.2, 0) is 0 Å². The zero-order valence-electron chi connectivity index (χ0n) is 15.7. The van der Waals surface area contributed by atoms with Gasteiger partial charge in [-0.2, -0.15) is 0 Å². The second-order valence-electron chi connectivity index (χ2n) is 6.87. The average molecular weight is 440 g/mol. The molecule has 0 unspecified atom stereocenters. The van der Waals surface area contributed by atoms with Crippen molar-refractivity contribution in [3.05, 3.63) is 75.6 Å². The van der Waals surface area contributed by atoms with Gasteiger partial charge in [0.1, 0.15) is 10.4 Å². The molecular formula is C21H14F2N4O3S. The van der Waals surface area contributed by atoms with Crippen LogP contribution >= 0.6 is 11.3 Å². The molecule has 10 heteroatoms. The minimum absolute atomic E-state index is 0.0560. The van der Waals surface area contributed by atoms with Gasteiger partial charge in [0, 0.05) is 6.54 Å². The quantitative estimate of drug-likeness (QED) is 0.287. The van der Waals surface area contributed by atoms with E-state index in [2.05, 4.69) is 10.7 Å². The predicted molar refractivity (Wildman–Crippen MR) is 116 cm³/mol. The van der Waals surface area contributed by atoms with Gasteiger partial charge in [0.05, 0.1) is 32.4 Å². The van der Waals surface area contributed by atoms with Crippen molar-refractivity contribution >= 4 is 54.5 Å². The van der Waals surface area contributed by atoms with Crippen molar-refractivity contribution in [2.45, 2.75) is 0 Å². The number of carboxylic acid groups (broad SMARTS) is 1. The molecular weight excluding hydrogens is 426 g/mol. The molecule has 0 fully saturated rings. The van der Waals surface area contributed by atoms with Crippen molar-refractivity contribution in [2.24, 2.45) is 5.84 Å². The SMILES string of the molecule is NNc1c(F)c(C2=CCNC=C2)c(F)c2c1c(=O)c(C(=O)O)c1sc3ccccc3n12. The molecule has 0 aliphatic carbocycles. The molecule has 0 saturated carbocycles. The van der Waals surface area contributed by atoms with Crippen LogP contribution < -0.4 is 22.0 Å². The lowest BCUT2D eigenvalue weighted by Crippen LogP contribution is -2.22. The van der Waals surface area contributed by atoms with E-state index in [1.807, 2.05) is 0 Å². The fourth-order valence-electron chi connectivity index (χ4n) is 3.92. The summed E-state index contributed by atoms with van der Waals surface area (Å²) in [5, 5.41) is 12.2. The van der Waals surface area contributed by atoms with Crippen molar-refractivity contribution in [1.29, 1.82) is 0 Å². The van der Waals surface area contributed by atoms with E-state index >= 15 is 8.78 Å². The zero-order chi connectivity index (χ0) is 21.9. The summed E-state index contributed by atoms with van der Waals surface area (Å²) in [7, 11) is 0. The Hall–Kier alpha value is -3.76. The summed E-state index contributed by atoms with van der Waals surface area (Å²) in [6, 6.07) is 6.87. The Bertz CT molecular complexity index is 1550. The van der Waals surface area contributed by atoms with Crippen LogP contribution in [0.2, 0.25) is 0 Å². The number of nitrogens with one attached hydrogen (secondary N) is 2. The molecule has 1 aliphatic heterocycles. The fraction of sp³-hybridized carbons (Fsp3) is 0.0476. The minimum Gasteiger partial charge on any atom is -0.477 e. The van der Waals surface area contributed by atoms with Crippen LogP contribution in [0.4, 0.5) is 14.5 Å². The highest BCUT2D eigenvalue weighted by molar-refractivity contribution is 7.24. The lowest BCUT2D eigenvalue weighted by atomic mass is 9.97. The Morgan fingerprint density at radius 2 is 2.03 bits per heavy atom. The van der Waals surface area contributed by atoms with Crippen molar-refractivity contribution in [3.63, 3.8) is 0 Å². The van der Waals surface area contributed by atoms with E-state index in [1.165, 1.54) is 10.5 Å². The normalized spacial score (nSPS) is 13.6. The second kappa shape index (κ2) is 6.89. The molecule has 1 aliphatic rings. The van der Waals surface area contributed by atoms with Gasteiger partial charge in [0.25, 0.3) is 0 Å². The van der Waals surface area contributed by atoms with E-state index in [-0.39, 0.29) is 21.5 Å². The van der Waals surface area contributed by atoms with Gasteiger partial charge in [-0.15, -0.1) is 11.3 Å². The first-order valence-electron chi connectivity index (χ1n) is 9.17. The van der Waals surface area contributed by atoms with Crippen LogP contribution in [0.3, 0.4) is 0 Å². The number of rotatable bonds is 3. The number of hydrogen-bond acceptors (Lipinski definition) is 6. The Morgan fingerprint density at radius 3 is 2.71 bits per heavy atom. The lowest BCUT2D eigenvalue weighted by molar-refractivity contribution is 0.0697. The number of aromatic nitrogens is 1. The van der Waals surface area contributed by atoms with Crippen LogP contribution in [0.15, 0.2) is 47.4 Å². The molecule has 0 saturated heterocycles. The molecule has 0 spiro atoms. The monoisotopic (exact) mass is 440 g/mol. The lowest BCUT2D eigenvalue weighted by Gasteiger charge is -2.17. The molecule has 0 bridgehead atoms. The second-order valence-corrected chi connectivity index (χ2v) is 7.90. The molecule has 7 nitrogen and oxygen atoms in total. The molecule has 5 rings (SSSR count). The van der Waals surface area contributed by atoms with E-state index < -0.39 is 39.7 Å². The number of nitrogens with two attached hydrogens (primary N) is 1. The number of thiazole rings is 1. The molecule has 0 radical (unpaired) electrons. The van der Waals surface area contributed by atoms with Crippen LogP contribution in [-0.4, -0.2) is 22.0 Å². The van der Waals surface area contributed by atoms with Crippen LogP contribution in [0.5, 0.6) is 0 Å². The largest absolute Gasteiger partial charge is 0.477 e. The molecule has 3 heterocycles. The number of nitrogens with zero attached hydrogens (tertiary/aromatic N) is 1. The molecule has 156 valence electrons. The van der Waals surface area contributed by atoms with E-state index in [9.17, 15) is 14.7 Å². The number of benzene rings is 2. The predicted octanol–water partition coefficient (Wildman–Crippen LogP) is 3.43. The number of hydrazine groups is 1. The summed E-state index contributed by atoms with van der Waals surface area (Å²) in [6.45, 7) is 0.364. The van der Waals surface area contributed by atoms with Crippen LogP contribution in [0.25, 0.3) is 31.5 Å². The summed E-state index contributed by atoms with van der Waals surface area (Å²) < 4.78 is 33.4. The fourth-order valence-corrected chi connectivity index (χ4v) is 5.10. The first kappa shape index (κ1) is 19.2. The number of para-hydroxylation sites is 1. The maximum absolute atomic E-state index is 16.0. The highest BCUT2D eigenvalue weighted by Crippen LogP contribution is 2.39. The highest BCUT2D eigenvalue weighted by Gasteiger charge is 2.30. The number of carbonyl (C=O) groups is 1. The third-order valence-corrected chi connectivity index (χ3v) is 6.37. The number of anilines is 1. The zero-order valence-corrected chi connectivity index (χ0v) is 16.5. The van der Waals surface area contributed by atoms with Crippen molar-refractivity contribution < 1.29 is 18.7 Å². The van der Waals surface area contributed by atoms with Gasteiger partial charge in [-0.25, -0.2) is 13.6 Å². The number of aromatic carboxylic acids is 1. The maximum Gasteiger partial charge on any atom is 0.342 e. The molecule has 0 amide bonds. The molecule has 2 aromatic heterocycles. The number of hydrogen-bond donors (Lipinski definition) is 4. The summed E-state index contributed by atoms with van der Waals surface area (Å²) in [5.41, 5.74) is 0.270. The van der Waals surface area contributed by atoms with Gasteiger partial charge in [0.15, 0.2) is 11.6 Å². The molecule has 31 heavy (non-hydrogen) atoms. The van der Waals surface area contributed by atoms with Crippen molar-refractivity contribution in [2.75, 3.05) is 12.0 Å². The molecule has 2 aromatic carbocycles. The van der Waals surface area contributed by atoms with Gasteiger partial charge >= 0.3 is 5.97 Å². The van der Waals surface area contributed by atoms with Crippen molar-refractivity contribution in [1.82, 2.24) is 9.72 Å². The maximum atomic E-state index is 16.0. The van der Waals surface area contributed by atoms with Crippen molar-refractivity contribution in [3.8, 4) is 0 Å². The Morgan fingerprint density at radius 1 is 1.26 bits per heavy atom. The Labute approximate surface area is 176 Å². The van der Waals surface area contributed by atoms with Gasteiger partial charge in [-0.3, -0.25) is 15.0 Å². The summed E-state index contributed by atoms with van der Waals surface area (Å²) in [4.78, 5) is 25.2. The van der Waals surface area contributed by atoms with E-state index in [1.54, 1.807) is 36.5 Å². The summed E-state index contributed by atoms with van der Waals surface area (Å²) >= 11 is 1.04. The third kappa shape index (κ3) is 2.58. The van der Waals surface area contributed by atoms with E-state index in [0.29, 0.717) is 16.8 Å². The summed E-state index contributed by atoms with van der Waals surface area (Å²) in [5.74, 6) is 2.00. The molecule has 4 aromatic rings. The van der Waals surface area contributed by atoms with Gasteiger partial charge < -0.3 is 15.8 Å². The number of pyridine rings is 1. The third-order valence-electron chi connectivity index (χ3n) is 5.23. The number of fused-ring (bicyclic) bond motifs is 5. The Kier molecular flexibility index (Phi) is 4.27. The van der Waals surface area contributed by atoms with Gasteiger partial charge in [-0.1, -0.05) is 18.2 Å². The minimum atomic E-state index is -1.49.